The van der Waals surface area contributed by atoms with E-state index in [2.05, 4.69) is 15.6 Å². The minimum Gasteiger partial charge on any atom is -0.381 e. The summed E-state index contributed by atoms with van der Waals surface area (Å²) in [6.07, 6.45) is 2.94. The fourth-order valence-electron chi connectivity index (χ4n) is 2.44. The van der Waals surface area contributed by atoms with Gasteiger partial charge >= 0.3 is 0 Å². The predicted octanol–water partition coefficient (Wildman–Crippen LogP) is 3.49. The normalized spacial score (nSPS) is 17.9. The molecule has 1 aliphatic heterocycles. The fraction of sp³-hybridized carbons (Fsp3) is 0.333. The van der Waals surface area contributed by atoms with Crippen molar-refractivity contribution in [2.45, 2.75) is 6.42 Å². The van der Waals surface area contributed by atoms with Crippen molar-refractivity contribution in [1.82, 2.24) is 14.6 Å². The molecule has 120 valence electrons. The number of aromatic nitrogens is 3. The number of ether oxygens (including phenoxy) is 1. The second-order valence-corrected chi connectivity index (χ2v) is 6.80. The van der Waals surface area contributed by atoms with Gasteiger partial charge in [-0.1, -0.05) is 35.1 Å². The summed E-state index contributed by atoms with van der Waals surface area (Å²) in [7, 11) is 0. The van der Waals surface area contributed by atoms with Gasteiger partial charge in [0.1, 0.15) is 0 Å². The number of hydrogen-bond acceptors (Lipinski definition) is 6. The molecule has 0 aliphatic carbocycles. The highest BCUT2D eigenvalue weighted by Gasteiger charge is 2.16. The molecular formula is C15H15ClN4O2S. The number of anilines is 1. The van der Waals surface area contributed by atoms with Gasteiger partial charge in [0.05, 0.1) is 25.1 Å². The molecule has 23 heavy (non-hydrogen) atoms. The topological polar surface area (TPSA) is 60.7 Å². The molecule has 3 aromatic rings. The smallest absolute Gasteiger partial charge is 0.229 e. The van der Waals surface area contributed by atoms with Gasteiger partial charge in [0.2, 0.25) is 10.1 Å². The SMILES string of the molecule is Clc1ccc(-c2cn3nc(NOCC4CCOC4)sc3n2)cc1. The molecular weight excluding hydrogens is 336 g/mol. The van der Waals surface area contributed by atoms with E-state index in [1.807, 2.05) is 30.5 Å². The number of halogens is 1. The maximum Gasteiger partial charge on any atom is 0.229 e. The average Bonchev–Trinajstić information content (AvgIpc) is 3.24. The van der Waals surface area contributed by atoms with E-state index >= 15 is 0 Å². The molecule has 1 fully saturated rings. The molecule has 8 heteroatoms. The summed E-state index contributed by atoms with van der Waals surface area (Å²) >= 11 is 7.35. The van der Waals surface area contributed by atoms with Gasteiger partial charge < -0.3 is 4.74 Å². The van der Waals surface area contributed by atoms with Crippen molar-refractivity contribution in [3.05, 3.63) is 35.5 Å². The highest BCUT2D eigenvalue weighted by atomic mass is 35.5. The van der Waals surface area contributed by atoms with E-state index < -0.39 is 0 Å². The summed E-state index contributed by atoms with van der Waals surface area (Å²) in [5, 5.41) is 5.82. The van der Waals surface area contributed by atoms with Crippen molar-refractivity contribution >= 4 is 33.0 Å². The van der Waals surface area contributed by atoms with E-state index in [0.717, 1.165) is 35.9 Å². The number of fused-ring (bicyclic) bond motifs is 1. The van der Waals surface area contributed by atoms with E-state index in [-0.39, 0.29) is 0 Å². The van der Waals surface area contributed by atoms with Crippen LogP contribution in [0.1, 0.15) is 6.42 Å². The molecule has 0 amide bonds. The van der Waals surface area contributed by atoms with Crippen molar-refractivity contribution in [3.63, 3.8) is 0 Å². The van der Waals surface area contributed by atoms with E-state index in [0.29, 0.717) is 22.7 Å². The molecule has 6 nitrogen and oxygen atoms in total. The molecule has 1 aliphatic rings. The molecule has 3 heterocycles. The Kier molecular flexibility index (Phi) is 4.17. The van der Waals surface area contributed by atoms with Crippen LogP contribution in [0.25, 0.3) is 16.2 Å². The lowest BCUT2D eigenvalue weighted by Gasteiger charge is -2.07. The van der Waals surface area contributed by atoms with Gasteiger partial charge in [0, 0.05) is 23.1 Å². The Hall–Kier alpha value is -1.67. The minimum absolute atomic E-state index is 0.461. The highest BCUT2D eigenvalue weighted by molar-refractivity contribution is 7.20. The molecule has 0 radical (unpaired) electrons. The lowest BCUT2D eigenvalue weighted by atomic mass is 10.1. The fourth-order valence-corrected chi connectivity index (χ4v) is 3.30. The van der Waals surface area contributed by atoms with Gasteiger partial charge in [-0.2, -0.15) is 0 Å². The number of nitrogens with zero attached hydrogens (tertiary/aromatic N) is 3. The van der Waals surface area contributed by atoms with Gasteiger partial charge in [0.25, 0.3) is 0 Å². The molecule has 2 aromatic heterocycles. The third kappa shape index (κ3) is 3.32. The van der Waals surface area contributed by atoms with Crippen molar-refractivity contribution < 1.29 is 9.57 Å². The maximum atomic E-state index is 5.91. The lowest BCUT2D eigenvalue weighted by Crippen LogP contribution is -2.12. The Bertz CT molecular complexity index is 764. The zero-order chi connectivity index (χ0) is 15.6. The van der Waals surface area contributed by atoms with Gasteiger partial charge in [-0.15, -0.1) is 5.10 Å². The van der Waals surface area contributed by atoms with Crippen LogP contribution in [0.3, 0.4) is 0 Å². The maximum absolute atomic E-state index is 5.91. The summed E-state index contributed by atoms with van der Waals surface area (Å²) in [4.78, 5) is 10.9. The first-order chi connectivity index (χ1) is 11.3. The first kappa shape index (κ1) is 14.9. The highest BCUT2D eigenvalue weighted by Crippen LogP contribution is 2.25. The first-order valence-corrected chi connectivity index (χ1v) is 8.55. The Labute approximate surface area is 142 Å². The molecule has 1 N–H and O–H groups in total. The number of hydrogen-bond donors (Lipinski definition) is 1. The standard InChI is InChI=1S/C15H15ClN4O2S/c16-12-3-1-11(2-4-12)13-7-20-15(17-13)23-14(18-20)19-22-9-10-5-6-21-8-10/h1-4,7,10H,5-6,8-9H2,(H,18,19). The van der Waals surface area contributed by atoms with Gasteiger partial charge in [-0.25, -0.2) is 15.0 Å². The molecule has 1 aromatic carbocycles. The van der Waals surface area contributed by atoms with Crippen molar-refractivity contribution in [2.75, 3.05) is 25.3 Å². The third-order valence-electron chi connectivity index (χ3n) is 3.69. The second-order valence-electron chi connectivity index (χ2n) is 5.41. The summed E-state index contributed by atoms with van der Waals surface area (Å²) in [6.45, 7) is 2.22. The van der Waals surface area contributed by atoms with Crippen LogP contribution in [0.2, 0.25) is 5.02 Å². The van der Waals surface area contributed by atoms with Crippen LogP contribution in [0.15, 0.2) is 30.5 Å². The van der Waals surface area contributed by atoms with Gasteiger partial charge in [-0.05, 0) is 18.6 Å². The number of imidazole rings is 1. The molecule has 0 saturated carbocycles. The molecule has 4 rings (SSSR count). The number of rotatable bonds is 5. The quantitative estimate of drug-likeness (QED) is 0.714. The van der Waals surface area contributed by atoms with Gasteiger partial charge in [0.15, 0.2) is 0 Å². The van der Waals surface area contributed by atoms with Crippen LogP contribution in [-0.4, -0.2) is 34.4 Å². The van der Waals surface area contributed by atoms with Crippen LogP contribution in [-0.2, 0) is 9.57 Å². The Morgan fingerprint density at radius 1 is 1.39 bits per heavy atom. The number of benzene rings is 1. The summed E-state index contributed by atoms with van der Waals surface area (Å²) < 4.78 is 7.06. The van der Waals surface area contributed by atoms with Crippen molar-refractivity contribution in [1.29, 1.82) is 0 Å². The zero-order valence-electron chi connectivity index (χ0n) is 12.2. The summed E-state index contributed by atoms with van der Waals surface area (Å²) in [5.74, 6) is 0.461. The lowest BCUT2D eigenvalue weighted by molar-refractivity contribution is 0.127. The van der Waals surface area contributed by atoms with Crippen molar-refractivity contribution in [2.24, 2.45) is 5.92 Å². The first-order valence-electron chi connectivity index (χ1n) is 7.35. The van der Waals surface area contributed by atoms with Crippen molar-refractivity contribution in [3.8, 4) is 11.3 Å². The van der Waals surface area contributed by atoms with E-state index in [9.17, 15) is 0 Å². The Balaban J connectivity index is 1.42. The third-order valence-corrected chi connectivity index (χ3v) is 4.76. The monoisotopic (exact) mass is 350 g/mol. The van der Waals surface area contributed by atoms with Gasteiger partial charge in [-0.3, -0.25) is 4.84 Å². The molecule has 1 atom stereocenters. The molecule has 0 spiro atoms. The second kappa shape index (κ2) is 6.45. The van der Waals surface area contributed by atoms with Crippen LogP contribution >= 0.6 is 22.9 Å². The van der Waals surface area contributed by atoms with Crippen LogP contribution in [0.4, 0.5) is 5.13 Å². The van der Waals surface area contributed by atoms with Crippen LogP contribution in [0.5, 0.6) is 0 Å². The minimum atomic E-state index is 0.461. The Morgan fingerprint density at radius 2 is 2.26 bits per heavy atom. The largest absolute Gasteiger partial charge is 0.381 e. The number of nitrogens with one attached hydrogen (secondary N) is 1. The molecule has 1 saturated heterocycles. The van der Waals surface area contributed by atoms with Crippen LogP contribution < -0.4 is 5.48 Å². The van der Waals surface area contributed by atoms with E-state index in [4.69, 9.17) is 21.2 Å². The van der Waals surface area contributed by atoms with Crippen LogP contribution in [0, 0.1) is 5.92 Å². The predicted molar refractivity (Wildman–Crippen MR) is 89.8 cm³/mol. The zero-order valence-corrected chi connectivity index (χ0v) is 13.8. The molecule has 1 unspecified atom stereocenters. The van der Waals surface area contributed by atoms with E-state index in [1.165, 1.54) is 11.3 Å². The van der Waals surface area contributed by atoms with E-state index in [1.54, 1.807) is 4.52 Å². The summed E-state index contributed by atoms with van der Waals surface area (Å²) in [5.41, 5.74) is 4.77. The average molecular weight is 351 g/mol. The molecule has 0 bridgehead atoms. The Morgan fingerprint density at radius 3 is 3.00 bits per heavy atom. The summed E-state index contributed by atoms with van der Waals surface area (Å²) in [6, 6.07) is 7.60.